The molecule has 38 heavy (non-hydrogen) atoms. The van der Waals surface area contributed by atoms with E-state index in [0.29, 0.717) is 5.41 Å². The fourth-order valence-corrected chi connectivity index (χ4v) is 6.02. The SMILES string of the molecule is CNC/C(C)=C/C(C(=O)NC1CCN(CCN2CCOCC2)CC1)=C(/N1CCC2(CC1)COC2)N(C)NC. The number of morpholine rings is 1. The number of hydrogen-bond donors (Lipinski definition) is 3. The molecule has 0 radical (unpaired) electrons. The van der Waals surface area contributed by atoms with Gasteiger partial charge in [-0.1, -0.05) is 5.57 Å². The highest BCUT2D eigenvalue weighted by molar-refractivity contribution is 5.97. The minimum absolute atomic E-state index is 0.0246. The molecule has 0 aromatic carbocycles. The minimum atomic E-state index is 0.0246. The normalized spacial score (nSPS) is 24.2. The van der Waals surface area contributed by atoms with Crippen LogP contribution in [0, 0.1) is 5.41 Å². The van der Waals surface area contributed by atoms with Crippen molar-refractivity contribution in [1.29, 1.82) is 0 Å². The molecule has 0 bridgehead atoms. The monoisotopic (exact) mass is 533 g/mol. The molecule has 4 aliphatic rings. The lowest BCUT2D eigenvalue weighted by Gasteiger charge is -2.49. The van der Waals surface area contributed by atoms with Crippen LogP contribution < -0.4 is 16.1 Å². The van der Waals surface area contributed by atoms with Gasteiger partial charge in [0.05, 0.1) is 32.0 Å². The molecule has 4 saturated heterocycles. The van der Waals surface area contributed by atoms with E-state index in [-0.39, 0.29) is 11.9 Å². The number of carbonyl (C=O) groups is 1. The van der Waals surface area contributed by atoms with Gasteiger partial charge in [-0.05, 0) is 45.7 Å². The highest BCUT2D eigenvalue weighted by Crippen LogP contribution is 2.39. The Kier molecular flexibility index (Phi) is 10.9. The summed E-state index contributed by atoms with van der Waals surface area (Å²) in [6.45, 7) is 14.5. The lowest BCUT2D eigenvalue weighted by atomic mass is 9.77. The van der Waals surface area contributed by atoms with Gasteiger partial charge in [-0.3, -0.25) is 14.7 Å². The molecule has 4 fully saturated rings. The number of likely N-dealkylation sites (tertiary alicyclic amines) is 2. The highest BCUT2D eigenvalue weighted by atomic mass is 16.5. The third-order valence-corrected chi connectivity index (χ3v) is 8.68. The van der Waals surface area contributed by atoms with E-state index < -0.39 is 0 Å². The Morgan fingerprint density at radius 2 is 1.61 bits per heavy atom. The number of carbonyl (C=O) groups excluding carboxylic acids is 1. The van der Waals surface area contributed by atoms with Crippen molar-refractivity contribution in [3.05, 3.63) is 23.0 Å². The quantitative estimate of drug-likeness (QED) is 0.199. The van der Waals surface area contributed by atoms with Crippen molar-refractivity contribution in [2.24, 2.45) is 5.41 Å². The van der Waals surface area contributed by atoms with Gasteiger partial charge in [0.25, 0.3) is 5.91 Å². The standard InChI is InChI=1S/C28H51N7O3/c1-23(20-29-2)19-25(27(32(4)30-3)35-11-7-28(8-12-35)21-38-22-28)26(36)31-24-5-9-33(10-6-24)13-14-34-15-17-37-18-16-34/h19,24,29-30H,5-18,20-22H2,1-4H3,(H,31,36)/b23-19+,27-25-. The summed E-state index contributed by atoms with van der Waals surface area (Å²) in [5.74, 6) is 0.982. The molecule has 4 aliphatic heterocycles. The number of hydrogen-bond acceptors (Lipinski definition) is 9. The molecule has 216 valence electrons. The number of likely N-dealkylation sites (N-methyl/N-ethyl adjacent to an activating group) is 1. The average molecular weight is 534 g/mol. The summed E-state index contributed by atoms with van der Waals surface area (Å²) < 4.78 is 11.0. The van der Waals surface area contributed by atoms with E-state index in [1.165, 1.54) is 0 Å². The van der Waals surface area contributed by atoms with Crippen LogP contribution in [0.1, 0.15) is 32.6 Å². The van der Waals surface area contributed by atoms with E-state index in [1.54, 1.807) is 0 Å². The Balaban J connectivity index is 1.41. The Bertz CT molecular complexity index is 820. The number of amides is 1. The Hall–Kier alpha value is -1.69. The highest BCUT2D eigenvalue weighted by Gasteiger charge is 2.42. The summed E-state index contributed by atoms with van der Waals surface area (Å²) >= 11 is 0. The summed E-state index contributed by atoms with van der Waals surface area (Å²) in [4.78, 5) is 21.3. The van der Waals surface area contributed by atoms with Gasteiger partial charge in [-0.25, -0.2) is 5.43 Å². The van der Waals surface area contributed by atoms with Gasteiger partial charge >= 0.3 is 0 Å². The molecule has 10 heteroatoms. The molecular weight excluding hydrogens is 482 g/mol. The third kappa shape index (κ3) is 7.70. The number of nitrogens with one attached hydrogen (secondary N) is 3. The zero-order valence-electron chi connectivity index (χ0n) is 24.2. The molecule has 0 saturated carbocycles. The predicted molar refractivity (Wildman–Crippen MR) is 150 cm³/mol. The molecule has 0 aromatic heterocycles. The van der Waals surface area contributed by atoms with E-state index in [0.717, 1.165) is 128 Å². The van der Waals surface area contributed by atoms with Crippen molar-refractivity contribution in [2.45, 2.75) is 38.6 Å². The van der Waals surface area contributed by atoms with Crippen LogP contribution >= 0.6 is 0 Å². The molecule has 0 unspecified atom stereocenters. The number of piperidine rings is 2. The van der Waals surface area contributed by atoms with Gasteiger partial charge in [0, 0.05) is 84.5 Å². The summed E-state index contributed by atoms with van der Waals surface area (Å²) in [5.41, 5.74) is 5.49. The van der Waals surface area contributed by atoms with Crippen LogP contribution in [-0.4, -0.2) is 138 Å². The predicted octanol–water partition coefficient (Wildman–Crippen LogP) is 0.455. The number of nitrogens with zero attached hydrogens (tertiary/aromatic N) is 4. The van der Waals surface area contributed by atoms with Crippen LogP contribution in [0.2, 0.25) is 0 Å². The maximum Gasteiger partial charge on any atom is 0.255 e. The maximum absolute atomic E-state index is 13.9. The second-order valence-electron chi connectivity index (χ2n) is 11.6. The summed E-state index contributed by atoms with van der Waals surface area (Å²) in [5, 5.41) is 8.64. The maximum atomic E-state index is 13.9. The second kappa shape index (κ2) is 14.1. The van der Waals surface area contributed by atoms with Crippen molar-refractivity contribution in [2.75, 3.05) is 106 Å². The Labute approximate surface area is 229 Å². The molecule has 3 N–H and O–H groups in total. The van der Waals surface area contributed by atoms with Crippen LogP contribution in [0.5, 0.6) is 0 Å². The topological polar surface area (TPSA) is 84.6 Å². The fraction of sp³-hybridized carbons (Fsp3) is 0.821. The average Bonchev–Trinajstić information content (AvgIpc) is 2.92. The lowest BCUT2D eigenvalue weighted by Crippen LogP contribution is -2.53. The van der Waals surface area contributed by atoms with Crippen molar-refractivity contribution in [3.63, 3.8) is 0 Å². The van der Waals surface area contributed by atoms with Crippen LogP contribution in [0.3, 0.4) is 0 Å². The first-order valence-corrected chi connectivity index (χ1v) is 14.6. The molecule has 1 amide bonds. The van der Waals surface area contributed by atoms with Crippen molar-refractivity contribution >= 4 is 5.91 Å². The molecule has 4 rings (SSSR count). The van der Waals surface area contributed by atoms with Gasteiger partial charge in [-0.2, -0.15) is 0 Å². The van der Waals surface area contributed by atoms with Crippen LogP contribution in [0.25, 0.3) is 0 Å². The van der Waals surface area contributed by atoms with Gasteiger partial charge < -0.3 is 29.9 Å². The van der Waals surface area contributed by atoms with E-state index in [1.807, 2.05) is 26.2 Å². The zero-order valence-corrected chi connectivity index (χ0v) is 24.2. The number of ether oxygens (including phenoxy) is 2. The molecule has 10 nitrogen and oxygen atoms in total. The first-order valence-electron chi connectivity index (χ1n) is 14.6. The number of hydrazine groups is 1. The first kappa shape index (κ1) is 29.3. The Morgan fingerprint density at radius 3 is 2.16 bits per heavy atom. The molecule has 1 spiro atoms. The minimum Gasteiger partial charge on any atom is -0.380 e. The molecule has 4 heterocycles. The van der Waals surface area contributed by atoms with E-state index in [4.69, 9.17) is 9.47 Å². The van der Waals surface area contributed by atoms with Crippen molar-refractivity contribution in [3.8, 4) is 0 Å². The smallest absolute Gasteiger partial charge is 0.255 e. The van der Waals surface area contributed by atoms with Gasteiger partial charge in [0.15, 0.2) is 0 Å². The molecule has 0 aromatic rings. The summed E-state index contributed by atoms with van der Waals surface area (Å²) in [6, 6.07) is 0.202. The van der Waals surface area contributed by atoms with Crippen molar-refractivity contribution < 1.29 is 14.3 Å². The van der Waals surface area contributed by atoms with E-state index >= 15 is 0 Å². The third-order valence-electron chi connectivity index (χ3n) is 8.68. The second-order valence-corrected chi connectivity index (χ2v) is 11.6. The van der Waals surface area contributed by atoms with Crippen LogP contribution in [0.4, 0.5) is 0 Å². The van der Waals surface area contributed by atoms with Gasteiger partial charge in [0.1, 0.15) is 5.82 Å². The van der Waals surface area contributed by atoms with E-state index in [2.05, 4.69) is 43.8 Å². The lowest BCUT2D eigenvalue weighted by molar-refractivity contribution is -0.139. The fourth-order valence-electron chi connectivity index (χ4n) is 6.02. The van der Waals surface area contributed by atoms with Gasteiger partial charge in [0.2, 0.25) is 0 Å². The van der Waals surface area contributed by atoms with E-state index in [9.17, 15) is 4.79 Å². The summed E-state index contributed by atoms with van der Waals surface area (Å²) in [7, 11) is 5.87. The summed E-state index contributed by atoms with van der Waals surface area (Å²) in [6.07, 6.45) is 6.26. The molecule has 0 atom stereocenters. The Morgan fingerprint density at radius 1 is 0.974 bits per heavy atom. The molecular formula is C28H51N7O3. The number of rotatable bonds is 11. The van der Waals surface area contributed by atoms with Gasteiger partial charge in [-0.15, -0.1) is 0 Å². The molecule has 0 aliphatic carbocycles. The first-order chi connectivity index (χ1) is 18.4. The zero-order chi connectivity index (χ0) is 27.0. The largest absolute Gasteiger partial charge is 0.380 e. The van der Waals surface area contributed by atoms with Crippen LogP contribution in [-0.2, 0) is 14.3 Å². The van der Waals surface area contributed by atoms with Crippen LogP contribution in [0.15, 0.2) is 23.0 Å². The van der Waals surface area contributed by atoms with Crippen molar-refractivity contribution in [1.82, 2.24) is 35.8 Å².